The third-order valence-corrected chi connectivity index (χ3v) is 6.20. The van der Waals surface area contributed by atoms with Crippen molar-refractivity contribution in [2.45, 2.75) is 51.5 Å². The van der Waals surface area contributed by atoms with E-state index in [0.29, 0.717) is 12.0 Å². The van der Waals surface area contributed by atoms with Crippen LogP contribution < -0.4 is 5.32 Å². The largest absolute Gasteiger partial charge is 0.314 e. The minimum Gasteiger partial charge on any atom is -0.314 e. The van der Waals surface area contributed by atoms with Crippen molar-refractivity contribution in [1.82, 2.24) is 20.5 Å². The first-order chi connectivity index (χ1) is 14.1. The van der Waals surface area contributed by atoms with Crippen LogP contribution in [0.2, 0.25) is 5.02 Å². The molecule has 0 radical (unpaired) electrons. The number of hydrogen-bond acceptors (Lipinski definition) is 3. The number of rotatable bonds is 6. The van der Waals surface area contributed by atoms with Crippen LogP contribution in [0.3, 0.4) is 0 Å². The molecule has 4 nitrogen and oxygen atoms in total. The van der Waals surface area contributed by atoms with E-state index in [4.69, 9.17) is 16.7 Å². The quantitative estimate of drug-likeness (QED) is 0.520. The number of H-pyrrole nitrogens is 1. The Kier molecular flexibility index (Phi) is 6.31. The zero-order chi connectivity index (χ0) is 20.2. The standard InChI is InChI=1S/C24H29ClN4/c1-16(2)27-15-17-3-5-19(6-4-17)23-22(18-11-13-26-14-12-18)24(29-28-23)20-7-9-21(25)10-8-20/h7-14,16-17,19,27H,3-6,15H2,1-2H3,(H,28,29). The lowest BCUT2D eigenvalue weighted by molar-refractivity contribution is 0.305. The van der Waals surface area contributed by atoms with Gasteiger partial charge in [-0.1, -0.05) is 37.6 Å². The van der Waals surface area contributed by atoms with Gasteiger partial charge in [0, 0.05) is 46.2 Å². The van der Waals surface area contributed by atoms with Gasteiger partial charge in [0.05, 0.1) is 0 Å². The van der Waals surface area contributed by atoms with Gasteiger partial charge < -0.3 is 5.32 Å². The zero-order valence-electron chi connectivity index (χ0n) is 17.2. The minimum absolute atomic E-state index is 0.516. The zero-order valence-corrected chi connectivity index (χ0v) is 17.9. The maximum atomic E-state index is 6.10. The van der Waals surface area contributed by atoms with Gasteiger partial charge in [0.15, 0.2) is 0 Å². The van der Waals surface area contributed by atoms with Gasteiger partial charge in [-0.3, -0.25) is 10.1 Å². The fourth-order valence-corrected chi connectivity index (χ4v) is 4.46. The average Bonchev–Trinajstić information content (AvgIpc) is 3.19. The van der Waals surface area contributed by atoms with Gasteiger partial charge in [-0.2, -0.15) is 5.10 Å². The third-order valence-electron chi connectivity index (χ3n) is 5.95. The molecule has 0 amide bonds. The highest BCUT2D eigenvalue weighted by molar-refractivity contribution is 6.30. The van der Waals surface area contributed by atoms with E-state index in [0.717, 1.165) is 34.3 Å². The van der Waals surface area contributed by atoms with Crippen molar-refractivity contribution >= 4 is 11.6 Å². The van der Waals surface area contributed by atoms with Crippen molar-refractivity contribution in [2.75, 3.05) is 6.54 Å². The number of hydrogen-bond donors (Lipinski definition) is 2. The number of pyridine rings is 1. The number of aromatic amines is 1. The van der Waals surface area contributed by atoms with Gasteiger partial charge >= 0.3 is 0 Å². The smallest absolute Gasteiger partial charge is 0.100 e. The fraction of sp³-hybridized carbons (Fsp3) is 0.417. The van der Waals surface area contributed by atoms with Crippen molar-refractivity contribution < 1.29 is 0 Å². The molecule has 2 aromatic heterocycles. The Morgan fingerprint density at radius 2 is 1.69 bits per heavy atom. The van der Waals surface area contributed by atoms with Crippen molar-refractivity contribution in [3.63, 3.8) is 0 Å². The lowest BCUT2D eigenvalue weighted by Gasteiger charge is -2.29. The summed E-state index contributed by atoms with van der Waals surface area (Å²) < 4.78 is 0. The minimum atomic E-state index is 0.516. The lowest BCUT2D eigenvalue weighted by atomic mass is 9.78. The Hall–Kier alpha value is -2.17. The SMILES string of the molecule is CC(C)NCC1CCC(c2[nH]nc(-c3ccc(Cl)cc3)c2-c2ccncc2)CC1. The summed E-state index contributed by atoms with van der Waals surface area (Å²) in [4.78, 5) is 4.20. The fourth-order valence-electron chi connectivity index (χ4n) is 4.34. The van der Waals surface area contributed by atoms with Crippen LogP contribution in [0, 0.1) is 5.92 Å². The first-order valence-electron chi connectivity index (χ1n) is 10.6. The molecular weight excluding hydrogens is 380 g/mol. The molecule has 1 saturated carbocycles. The molecule has 0 saturated heterocycles. The average molecular weight is 409 g/mol. The van der Waals surface area contributed by atoms with Crippen LogP contribution >= 0.6 is 11.6 Å². The van der Waals surface area contributed by atoms with Gasteiger partial charge in [0.25, 0.3) is 0 Å². The highest BCUT2D eigenvalue weighted by Gasteiger charge is 2.28. The van der Waals surface area contributed by atoms with E-state index >= 15 is 0 Å². The molecule has 0 bridgehead atoms. The third kappa shape index (κ3) is 4.71. The first-order valence-corrected chi connectivity index (χ1v) is 11.0. The van der Waals surface area contributed by atoms with Crippen LogP contribution in [0.15, 0.2) is 48.8 Å². The summed E-state index contributed by atoms with van der Waals surface area (Å²) >= 11 is 6.10. The molecule has 0 unspecified atom stereocenters. The van der Waals surface area contributed by atoms with Gasteiger partial charge in [0.1, 0.15) is 5.69 Å². The van der Waals surface area contributed by atoms with Crippen LogP contribution in [0.4, 0.5) is 0 Å². The summed E-state index contributed by atoms with van der Waals surface area (Å²) in [6.07, 6.45) is 8.62. The summed E-state index contributed by atoms with van der Waals surface area (Å²) in [5.74, 6) is 1.29. The number of nitrogens with one attached hydrogen (secondary N) is 2. The topological polar surface area (TPSA) is 53.6 Å². The second kappa shape index (κ2) is 9.10. The molecule has 0 aliphatic heterocycles. The molecule has 0 spiro atoms. The number of nitrogens with zero attached hydrogens (tertiary/aromatic N) is 2. The van der Waals surface area contributed by atoms with Crippen LogP contribution in [0.25, 0.3) is 22.4 Å². The Bertz CT molecular complexity index is 910. The summed E-state index contributed by atoms with van der Waals surface area (Å²) in [5, 5.41) is 12.5. The molecule has 4 rings (SSSR count). The van der Waals surface area contributed by atoms with Crippen molar-refractivity contribution in [3.8, 4) is 22.4 Å². The molecule has 3 aromatic rings. The molecule has 0 atom stereocenters. The Morgan fingerprint density at radius 1 is 1.00 bits per heavy atom. The predicted octanol–water partition coefficient (Wildman–Crippen LogP) is 6.06. The molecule has 1 fully saturated rings. The molecule has 1 aromatic carbocycles. The Labute approximate surface area is 178 Å². The summed E-state index contributed by atoms with van der Waals surface area (Å²) in [6, 6.07) is 12.6. The van der Waals surface area contributed by atoms with E-state index in [1.807, 2.05) is 36.7 Å². The Morgan fingerprint density at radius 3 is 2.34 bits per heavy atom. The van der Waals surface area contributed by atoms with Gasteiger partial charge in [-0.05, 0) is 68.0 Å². The normalized spacial score (nSPS) is 19.6. The molecule has 1 aliphatic rings. The molecule has 5 heteroatoms. The number of benzene rings is 1. The van der Waals surface area contributed by atoms with Crippen LogP contribution in [-0.2, 0) is 0 Å². The second-order valence-corrected chi connectivity index (χ2v) is 8.82. The van der Waals surface area contributed by atoms with E-state index in [-0.39, 0.29) is 0 Å². The van der Waals surface area contributed by atoms with Crippen molar-refractivity contribution in [3.05, 3.63) is 59.5 Å². The van der Waals surface area contributed by atoms with Crippen molar-refractivity contribution in [1.29, 1.82) is 0 Å². The van der Waals surface area contributed by atoms with Gasteiger partial charge in [0.2, 0.25) is 0 Å². The van der Waals surface area contributed by atoms with E-state index in [9.17, 15) is 0 Å². The van der Waals surface area contributed by atoms with E-state index in [2.05, 4.69) is 41.4 Å². The van der Waals surface area contributed by atoms with Crippen LogP contribution in [0.5, 0.6) is 0 Å². The molecule has 152 valence electrons. The maximum Gasteiger partial charge on any atom is 0.100 e. The monoisotopic (exact) mass is 408 g/mol. The lowest BCUT2D eigenvalue weighted by Crippen LogP contribution is -2.30. The highest BCUT2D eigenvalue weighted by atomic mass is 35.5. The summed E-state index contributed by atoms with van der Waals surface area (Å²) in [6.45, 7) is 5.56. The molecular formula is C24H29ClN4. The molecule has 29 heavy (non-hydrogen) atoms. The van der Waals surface area contributed by atoms with Crippen LogP contribution in [0.1, 0.15) is 51.1 Å². The van der Waals surface area contributed by atoms with E-state index in [1.54, 1.807) is 0 Å². The number of aromatic nitrogens is 3. The van der Waals surface area contributed by atoms with Crippen molar-refractivity contribution in [2.24, 2.45) is 5.92 Å². The maximum absolute atomic E-state index is 6.10. The molecule has 2 N–H and O–H groups in total. The summed E-state index contributed by atoms with van der Waals surface area (Å²) in [7, 11) is 0. The first kappa shape index (κ1) is 20.1. The van der Waals surface area contributed by atoms with E-state index in [1.165, 1.54) is 36.9 Å². The number of halogens is 1. The molecule has 2 heterocycles. The predicted molar refractivity (Wildman–Crippen MR) is 120 cm³/mol. The highest BCUT2D eigenvalue weighted by Crippen LogP contribution is 2.42. The van der Waals surface area contributed by atoms with E-state index < -0.39 is 0 Å². The second-order valence-electron chi connectivity index (χ2n) is 8.38. The van der Waals surface area contributed by atoms with Crippen LogP contribution in [-0.4, -0.2) is 27.8 Å². The van der Waals surface area contributed by atoms with Gasteiger partial charge in [-0.25, -0.2) is 0 Å². The van der Waals surface area contributed by atoms with Gasteiger partial charge in [-0.15, -0.1) is 0 Å². The Balaban J connectivity index is 1.62. The summed E-state index contributed by atoms with van der Waals surface area (Å²) in [5.41, 5.74) is 5.71. The molecule has 1 aliphatic carbocycles.